The highest BCUT2D eigenvalue weighted by Gasteiger charge is 2.34. The summed E-state index contributed by atoms with van der Waals surface area (Å²) in [6, 6.07) is 0. The van der Waals surface area contributed by atoms with Crippen molar-refractivity contribution in [1.82, 2.24) is 0 Å². The third kappa shape index (κ3) is 4.42. The van der Waals surface area contributed by atoms with E-state index in [1.54, 1.807) is 0 Å². The number of hydrogen-bond donors (Lipinski definition) is 1. The Hall–Kier alpha value is -0.0800. The minimum Gasteiger partial charge on any atom is -0.390 e. The highest BCUT2D eigenvalue weighted by molar-refractivity contribution is 4.85. The van der Waals surface area contributed by atoms with Crippen molar-refractivity contribution in [1.29, 1.82) is 0 Å². The predicted molar refractivity (Wildman–Crippen MR) is 67.5 cm³/mol. The average molecular weight is 228 g/mol. The lowest BCUT2D eigenvalue weighted by molar-refractivity contribution is -0.0935. The maximum Gasteiger partial charge on any atom is 0.0839 e. The van der Waals surface area contributed by atoms with Gasteiger partial charge in [-0.1, -0.05) is 34.1 Å². The molecule has 1 saturated carbocycles. The minimum atomic E-state index is -0.248. The van der Waals surface area contributed by atoms with Crippen LogP contribution < -0.4 is 0 Å². The lowest BCUT2D eigenvalue weighted by atomic mass is 9.75. The zero-order valence-electron chi connectivity index (χ0n) is 11.3. The maximum absolute atomic E-state index is 9.92. The van der Waals surface area contributed by atoms with Gasteiger partial charge in [0.05, 0.1) is 12.2 Å². The molecule has 0 bridgehead atoms. The molecule has 1 N–H and O–H groups in total. The van der Waals surface area contributed by atoms with Crippen LogP contribution >= 0.6 is 0 Å². The van der Waals surface area contributed by atoms with Gasteiger partial charge in [0.2, 0.25) is 0 Å². The van der Waals surface area contributed by atoms with Gasteiger partial charge >= 0.3 is 0 Å². The van der Waals surface area contributed by atoms with E-state index in [1.807, 2.05) is 0 Å². The first-order valence-corrected chi connectivity index (χ1v) is 6.74. The average Bonchev–Trinajstić information content (AvgIpc) is 2.20. The Bertz CT molecular complexity index is 201. The standard InChI is InChI=1S/C14H28O2/c1-5-6-11(2)10-16-13-9-14(3,4)8-7-12(13)15/h11-13,15H,5-10H2,1-4H3. The quantitative estimate of drug-likeness (QED) is 0.781. The van der Waals surface area contributed by atoms with Crippen molar-refractivity contribution in [3.05, 3.63) is 0 Å². The number of aliphatic hydroxyl groups excluding tert-OH is 1. The van der Waals surface area contributed by atoms with Crippen molar-refractivity contribution < 1.29 is 9.84 Å². The second kappa shape index (κ2) is 6.02. The van der Waals surface area contributed by atoms with Gasteiger partial charge in [0.1, 0.15) is 0 Å². The van der Waals surface area contributed by atoms with Gasteiger partial charge in [0.15, 0.2) is 0 Å². The molecule has 96 valence electrons. The smallest absolute Gasteiger partial charge is 0.0839 e. The fraction of sp³-hybridized carbons (Fsp3) is 1.00. The third-order valence-corrected chi connectivity index (χ3v) is 3.68. The van der Waals surface area contributed by atoms with E-state index in [1.165, 1.54) is 12.8 Å². The zero-order valence-corrected chi connectivity index (χ0v) is 11.3. The van der Waals surface area contributed by atoms with Crippen molar-refractivity contribution in [2.75, 3.05) is 6.61 Å². The molecule has 0 aromatic carbocycles. The second-order valence-electron chi connectivity index (χ2n) is 6.24. The van der Waals surface area contributed by atoms with Crippen LogP contribution in [0.1, 0.15) is 59.8 Å². The molecule has 0 amide bonds. The van der Waals surface area contributed by atoms with Crippen LogP contribution in [-0.2, 0) is 4.74 Å². The molecular weight excluding hydrogens is 200 g/mol. The van der Waals surface area contributed by atoms with E-state index in [4.69, 9.17) is 4.74 Å². The fourth-order valence-corrected chi connectivity index (χ4v) is 2.54. The molecule has 1 aliphatic rings. The molecular formula is C14H28O2. The van der Waals surface area contributed by atoms with Gasteiger partial charge in [0, 0.05) is 6.61 Å². The van der Waals surface area contributed by atoms with Gasteiger partial charge < -0.3 is 9.84 Å². The number of aliphatic hydroxyl groups is 1. The minimum absolute atomic E-state index is 0.0584. The van der Waals surface area contributed by atoms with Crippen LogP contribution in [0.4, 0.5) is 0 Å². The molecule has 0 saturated heterocycles. The largest absolute Gasteiger partial charge is 0.390 e. The molecule has 1 aliphatic carbocycles. The van der Waals surface area contributed by atoms with Crippen LogP contribution in [0.15, 0.2) is 0 Å². The van der Waals surface area contributed by atoms with Gasteiger partial charge in [-0.2, -0.15) is 0 Å². The summed E-state index contributed by atoms with van der Waals surface area (Å²) < 4.78 is 5.90. The molecule has 0 radical (unpaired) electrons. The Balaban J connectivity index is 2.34. The van der Waals surface area contributed by atoms with Crippen molar-refractivity contribution in [2.24, 2.45) is 11.3 Å². The van der Waals surface area contributed by atoms with Crippen molar-refractivity contribution in [3.8, 4) is 0 Å². The summed E-state index contributed by atoms with van der Waals surface area (Å²) >= 11 is 0. The lowest BCUT2D eigenvalue weighted by Gasteiger charge is -2.38. The summed E-state index contributed by atoms with van der Waals surface area (Å²) in [4.78, 5) is 0. The number of ether oxygens (including phenoxy) is 1. The molecule has 0 aromatic heterocycles. The molecule has 3 atom stereocenters. The topological polar surface area (TPSA) is 29.5 Å². The van der Waals surface area contributed by atoms with E-state index in [9.17, 15) is 5.11 Å². The summed E-state index contributed by atoms with van der Waals surface area (Å²) in [5.74, 6) is 0.613. The summed E-state index contributed by atoms with van der Waals surface area (Å²) in [5.41, 5.74) is 0.331. The first kappa shape index (κ1) is 14.0. The molecule has 0 aliphatic heterocycles. The third-order valence-electron chi connectivity index (χ3n) is 3.68. The first-order chi connectivity index (χ1) is 7.44. The summed E-state index contributed by atoms with van der Waals surface area (Å²) in [7, 11) is 0. The number of hydrogen-bond acceptors (Lipinski definition) is 2. The highest BCUT2D eigenvalue weighted by atomic mass is 16.5. The van der Waals surface area contributed by atoms with Crippen LogP contribution in [0.25, 0.3) is 0 Å². The highest BCUT2D eigenvalue weighted by Crippen LogP contribution is 2.36. The Morgan fingerprint density at radius 1 is 1.44 bits per heavy atom. The van der Waals surface area contributed by atoms with Gasteiger partial charge in [-0.25, -0.2) is 0 Å². The van der Waals surface area contributed by atoms with Gasteiger partial charge in [-0.3, -0.25) is 0 Å². The van der Waals surface area contributed by atoms with Crippen LogP contribution in [0.5, 0.6) is 0 Å². The Morgan fingerprint density at radius 2 is 2.12 bits per heavy atom. The van der Waals surface area contributed by atoms with E-state index in [-0.39, 0.29) is 12.2 Å². The van der Waals surface area contributed by atoms with Gasteiger partial charge in [-0.15, -0.1) is 0 Å². The predicted octanol–water partition coefficient (Wildman–Crippen LogP) is 3.38. The maximum atomic E-state index is 9.92. The van der Waals surface area contributed by atoms with Crippen molar-refractivity contribution in [2.45, 2.75) is 72.0 Å². The van der Waals surface area contributed by atoms with Gasteiger partial charge in [-0.05, 0) is 37.0 Å². The first-order valence-electron chi connectivity index (χ1n) is 6.74. The van der Waals surface area contributed by atoms with Gasteiger partial charge in [0.25, 0.3) is 0 Å². The Morgan fingerprint density at radius 3 is 2.75 bits per heavy atom. The summed E-state index contributed by atoms with van der Waals surface area (Å²) in [5, 5.41) is 9.92. The number of rotatable bonds is 5. The molecule has 16 heavy (non-hydrogen) atoms. The van der Waals surface area contributed by atoms with E-state index < -0.39 is 0 Å². The summed E-state index contributed by atoms with van der Waals surface area (Å²) in [6.45, 7) is 9.76. The Labute approximate surface area is 100 Å². The summed E-state index contributed by atoms with van der Waals surface area (Å²) in [6.07, 6.45) is 5.23. The molecule has 0 spiro atoms. The molecule has 1 fully saturated rings. The van der Waals surface area contributed by atoms with Crippen LogP contribution in [0, 0.1) is 11.3 Å². The monoisotopic (exact) mass is 228 g/mol. The Kier molecular flexibility index (Phi) is 5.26. The molecule has 2 heteroatoms. The molecule has 0 aromatic rings. The zero-order chi connectivity index (χ0) is 12.2. The lowest BCUT2D eigenvalue weighted by Crippen LogP contribution is -2.40. The van der Waals surface area contributed by atoms with E-state index in [0.29, 0.717) is 11.3 Å². The van der Waals surface area contributed by atoms with Crippen LogP contribution in [-0.4, -0.2) is 23.9 Å². The molecule has 1 rings (SSSR count). The van der Waals surface area contributed by atoms with Crippen molar-refractivity contribution in [3.63, 3.8) is 0 Å². The molecule has 0 heterocycles. The van der Waals surface area contributed by atoms with Crippen molar-refractivity contribution >= 4 is 0 Å². The van der Waals surface area contributed by atoms with Crippen LogP contribution in [0.2, 0.25) is 0 Å². The van der Waals surface area contributed by atoms with Crippen LogP contribution in [0.3, 0.4) is 0 Å². The SMILES string of the molecule is CCCC(C)COC1CC(C)(C)CCC1O. The second-order valence-corrected chi connectivity index (χ2v) is 6.24. The van der Waals surface area contributed by atoms with E-state index in [2.05, 4.69) is 27.7 Å². The van der Waals surface area contributed by atoms with E-state index in [0.717, 1.165) is 25.9 Å². The fourth-order valence-electron chi connectivity index (χ4n) is 2.54. The van der Waals surface area contributed by atoms with E-state index >= 15 is 0 Å². The normalized spacial score (nSPS) is 31.3. The molecule has 2 nitrogen and oxygen atoms in total. The molecule has 3 unspecified atom stereocenters.